The molecule has 1 aliphatic heterocycles. The molecule has 0 saturated carbocycles. The Balaban J connectivity index is 2.18. The molecule has 2 rings (SSSR count). The van der Waals surface area contributed by atoms with E-state index < -0.39 is 9.05 Å². The van der Waals surface area contributed by atoms with Crippen molar-refractivity contribution in [3.8, 4) is 0 Å². The monoisotopic (exact) mass is 352 g/mol. The van der Waals surface area contributed by atoms with E-state index in [0.717, 1.165) is 0 Å². The number of carbonyl (C=O) groups is 1. The summed E-state index contributed by atoms with van der Waals surface area (Å²) in [4.78, 5) is 17.4. The van der Waals surface area contributed by atoms with E-state index in [2.05, 4.69) is 20.9 Å². The van der Waals surface area contributed by atoms with Gasteiger partial charge in [-0.2, -0.15) is 0 Å². The van der Waals surface area contributed by atoms with E-state index in [9.17, 15) is 13.2 Å². The van der Waals surface area contributed by atoms with Crippen molar-refractivity contribution in [2.45, 2.75) is 6.42 Å². The van der Waals surface area contributed by atoms with Gasteiger partial charge in [0, 0.05) is 35.8 Å². The van der Waals surface area contributed by atoms with Crippen LogP contribution in [0.2, 0.25) is 0 Å². The Morgan fingerprint density at radius 3 is 2.89 bits per heavy atom. The first-order valence-corrected chi connectivity index (χ1v) is 8.47. The number of aromatic nitrogens is 1. The highest BCUT2D eigenvalue weighted by molar-refractivity contribution is 9.10. The average molecular weight is 354 g/mol. The number of anilines is 1. The Labute approximate surface area is 118 Å². The highest BCUT2D eigenvalue weighted by Crippen LogP contribution is 2.30. The van der Waals surface area contributed by atoms with Gasteiger partial charge < -0.3 is 4.90 Å². The molecule has 0 aromatic carbocycles. The third-order valence-electron chi connectivity index (χ3n) is 2.67. The second-order valence-electron chi connectivity index (χ2n) is 4.09. The highest BCUT2D eigenvalue weighted by Gasteiger charge is 2.34. The second kappa shape index (κ2) is 5.14. The van der Waals surface area contributed by atoms with Crippen LogP contribution in [0, 0.1) is 5.92 Å². The fourth-order valence-electron chi connectivity index (χ4n) is 1.99. The lowest BCUT2D eigenvalue weighted by atomic mass is 10.1. The largest absolute Gasteiger partial charge is 0.310 e. The first-order chi connectivity index (χ1) is 8.37. The number of pyridine rings is 1. The number of carbonyl (C=O) groups excluding carboxylic acids is 1. The van der Waals surface area contributed by atoms with Crippen molar-refractivity contribution in [3.63, 3.8) is 0 Å². The normalized spacial score (nSPS) is 20.4. The van der Waals surface area contributed by atoms with Gasteiger partial charge in [0.15, 0.2) is 0 Å². The molecule has 0 bridgehead atoms. The van der Waals surface area contributed by atoms with Gasteiger partial charge in [0.05, 0.1) is 11.4 Å². The van der Waals surface area contributed by atoms with Crippen LogP contribution in [0.4, 0.5) is 5.69 Å². The summed E-state index contributed by atoms with van der Waals surface area (Å²) in [7, 11) is 1.63. The van der Waals surface area contributed by atoms with Gasteiger partial charge in [-0.1, -0.05) is 0 Å². The minimum Gasteiger partial charge on any atom is -0.310 e. The minimum atomic E-state index is -3.58. The molecule has 5 nitrogen and oxygen atoms in total. The highest BCUT2D eigenvalue weighted by atomic mass is 79.9. The van der Waals surface area contributed by atoms with E-state index in [-0.39, 0.29) is 24.0 Å². The van der Waals surface area contributed by atoms with Gasteiger partial charge >= 0.3 is 0 Å². The molecule has 1 aliphatic rings. The maximum absolute atomic E-state index is 11.9. The summed E-state index contributed by atoms with van der Waals surface area (Å²) >= 11 is 3.27. The lowest BCUT2D eigenvalue weighted by Crippen LogP contribution is -2.25. The fourth-order valence-corrected chi connectivity index (χ4v) is 3.77. The van der Waals surface area contributed by atoms with Crippen LogP contribution in [0.1, 0.15) is 6.42 Å². The molecule has 1 fully saturated rings. The Morgan fingerprint density at radius 1 is 1.56 bits per heavy atom. The van der Waals surface area contributed by atoms with Gasteiger partial charge in [-0.3, -0.25) is 4.79 Å². The van der Waals surface area contributed by atoms with Crippen LogP contribution in [-0.2, 0) is 13.8 Å². The maximum atomic E-state index is 11.9. The number of amides is 1. The molecular formula is C10H10BrClN2O3S. The first-order valence-electron chi connectivity index (χ1n) is 5.20. The predicted molar refractivity (Wildman–Crippen MR) is 72.0 cm³/mol. The summed E-state index contributed by atoms with van der Waals surface area (Å²) in [5.74, 6) is -0.574. The van der Waals surface area contributed by atoms with Crippen LogP contribution in [-0.4, -0.2) is 31.6 Å². The molecule has 1 aromatic rings. The van der Waals surface area contributed by atoms with E-state index in [0.29, 0.717) is 16.8 Å². The third-order valence-corrected chi connectivity index (χ3v) is 4.53. The SMILES string of the molecule is O=C1CC(CS(=O)(=O)Cl)CN1c1cccnc1Br. The van der Waals surface area contributed by atoms with Crippen LogP contribution in [0.3, 0.4) is 0 Å². The average Bonchev–Trinajstić information content (AvgIpc) is 2.57. The van der Waals surface area contributed by atoms with Gasteiger partial charge in [-0.25, -0.2) is 13.4 Å². The third kappa shape index (κ3) is 3.21. The lowest BCUT2D eigenvalue weighted by Gasteiger charge is -2.17. The zero-order valence-corrected chi connectivity index (χ0v) is 12.4. The van der Waals surface area contributed by atoms with E-state index in [1.807, 2.05) is 0 Å². The van der Waals surface area contributed by atoms with Crippen molar-refractivity contribution in [2.75, 3.05) is 17.2 Å². The van der Waals surface area contributed by atoms with Gasteiger partial charge in [0.1, 0.15) is 4.60 Å². The summed E-state index contributed by atoms with van der Waals surface area (Å²) in [6, 6.07) is 3.48. The predicted octanol–water partition coefficient (Wildman–Crippen LogP) is 1.77. The van der Waals surface area contributed by atoms with Crippen LogP contribution in [0.5, 0.6) is 0 Å². The molecule has 18 heavy (non-hydrogen) atoms. The van der Waals surface area contributed by atoms with Crippen molar-refractivity contribution >= 4 is 47.3 Å². The first kappa shape index (κ1) is 13.8. The molecule has 98 valence electrons. The molecule has 0 aliphatic carbocycles. The zero-order valence-electron chi connectivity index (χ0n) is 9.21. The summed E-state index contributed by atoms with van der Waals surface area (Å²) in [5, 5.41) is 0. The molecular weight excluding hydrogens is 344 g/mol. The van der Waals surface area contributed by atoms with Crippen molar-refractivity contribution in [1.29, 1.82) is 0 Å². The number of halogens is 2. The number of hydrogen-bond acceptors (Lipinski definition) is 4. The standard InChI is InChI=1S/C10H10BrClN2O3S/c11-10-8(2-1-3-13-10)14-5-7(4-9(14)15)6-18(12,16)17/h1-3,7H,4-6H2. The van der Waals surface area contributed by atoms with E-state index >= 15 is 0 Å². The summed E-state index contributed by atoms with van der Waals surface area (Å²) in [6.45, 7) is 0.342. The van der Waals surface area contributed by atoms with E-state index in [4.69, 9.17) is 10.7 Å². The Kier molecular flexibility index (Phi) is 3.93. The molecule has 2 heterocycles. The molecule has 0 radical (unpaired) electrons. The summed E-state index contributed by atoms with van der Waals surface area (Å²) in [5.41, 5.74) is 0.650. The molecule has 1 saturated heterocycles. The van der Waals surface area contributed by atoms with Crippen molar-refractivity contribution in [3.05, 3.63) is 22.9 Å². The van der Waals surface area contributed by atoms with Crippen molar-refractivity contribution in [1.82, 2.24) is 4.98 Å². The number of rotatable bonds is 3. The summed E-state index contributed by atoms with van der Waals surface area (Å²) < 4.78 is 22.6. The smallest absolute Gasteiger partial charge is 0.232 e. The molecule has 8 heteroatoms. The van der Waals surface area contributed by atoms with Crippen molar-refractivity contribution in [2.24, 2.45) is 5.92 Å². The van der Waals surface area contributed by atoms with Gasteiger partial charge in [-0.05, 0) is 28.1 Å². The fraction of sp³-hybridized carbons (Fsp3) is 0.400. The number of nitrogens with zero attached hydrogens (tertiary/aromatic N) is 2. The molecule has 0 spiro atoms. The van der Waals surface area contributed by atoms with Gasteiger partial charge in [-0.15, -0.1) is 0 Å². The van der Waals surface area contributed by atoms with E-state index in [1.165, 1.54) is 4.90 Å². The van der Waals surface area contributed by atoms with Crippen LogP contribution >= 0.6 is 26.6 Å². The number of hydrogen-bond donors (Lipinski definition) is 0. The summed E-state index contributed by atoms with van der Waals surface area (Å²) in [6.07, 6.45) is 1.79. The Morgan fingerprint density at radius 2 is 2.28 bits per heavy atom. The Bertz CT molecular complexity index is 578. The molecule has 1 atom stereocenters. The maximum Gasteiger partial charge on any atom is 0.232 e. The van der Waals surface area contributed by atoms with Gasteiger partial charge in [0.25, 0.3) is 0 Å². The molecule has 1 aromatic heterocycles. The molecule has 1 unspecified atom stereocenters. The van der Waals surface area contributed by atoms with Crippen LogP contribution in [0.25, 0.3) is 0 Å². The Hall–Kier alpha value is -0.660. The van der Waals surface area contributed by atoms with Gasteiger partial charge in [0.2, 0.25) is 15.0 Å². The van der Waals surface area contributed by atoms with Crippen molar-refractivity contribution < 1.29 is 13.2 Å². The topological polar surface area (TPSA) is 67.3 Å². The molecule has 1 amide bonds. The molecule has 0 N–H and O–H groups in total. The lowest BCUT2D eigenvalue weighted by molar-refractivity contribution is -0.117. The quantitative estimate of drug-likeness (QED) is 0.613. The minimum absolute atomic E-state index is 0.117. The van der Waals surface area contributed by atoms with Crippen LogP contribution < -0.4 is 4.90 Å². The van der Waals surface area contributed by atoms with E-state index in [1.54, 1.807) is 18.3 Å². The zero-order chi connectivity index (χ0) is 13.3. The second-order valence-corrected chi connectivity index (χ2v) is 7.67. The van der Waals surface area contributed by atoms with Crippen LogP contribution in [0.15, 0.2) is 22.9 Å².